The summed E-state index contributed by atoms with van der Waals surface area (Å²) < 4.78 is 5.63. The summed E-state index contributed by atoms with van der Waals surface area (Å²) >= 11 is 0. The third-order valence-corrected chi connectivity index (χ3v) is 7.35. The summed E-state index contributed by atoms with van der Waals surface area (Å²) in [6, 6.07) is 12.7. The van der Waals surface area contributed by atoms with Crippen LogP contribution in [0.25, 0.3) is 15.6 Å². The van der Waals surface area contributed by atoms with Crippen molar-refractivity contribution in [2.24, 2.45) is 0 Å². The van der Waals surface area contributed by atoms with Crippen molar-refractivity contribution in [3.05, 3.63) is 71.0 Å². The molecule has 0 unspecified atom stereocenters. The molecule has 5 rings (SSSR count). The van der Waals surface area contributed by atoms with E-state index in [4.69, 9.17) is 21.3 Å². The van der Waals surface area contributed by atoms with E-state index < -0.39 is 5.60 Å². The molecule has 38 heavy (non-hydrogen) atoms. The number of fused-ring (bicyclic) bond motifs is 2. The molecule has 0 bridgehead atoms. The van der Waals surface area contributed by atoms with Crippen LogP contribution in [-0.4, -0.2) is 65.3 Å². The number of amides is 1. The van der Waals surface area contributed by atoms with E-state index in [1.807, 2.05) is 20.8 Å². The average Bonchev–Trinajstić information content (AvgIpc) is 3.10. The summed E-state index contributed by atoms with van der Waals surface area (Å²) in [6.45, 7) is 18.8. The zero-order valence-electron chi connectivity index (χ0n) is 22.8. The van der Waals surface area contributed by atoms with Gasteiger partial charge < -0.3 is 19.4 Å². The van der Waals surface area contributed by atoms with Crippen molar-refractivity contribution in [1.29, 1.82) is 0 Å². The molecule has 8 heteroatoms. The number of carbonyl (C=O) groups excluding carboxylic acids is 1. The molecule has 2 aromatic carbocycles. The molecular weight excluding hydrogens is 476 g/mol. The van der Waals surface area contributed by atoms with Gasteiger partial charge in [0.25, 0.3) is 0 Å². The van der Waals surface area contributed by atoms with Gasteiger partial charge in [0.15, 0.2) is 0 Å². The van der Waals surface area contributed by atoms with E-state index in [0.717, 1.165) is 37.4 Å². The summed E-state index contributed by atoms with van der Waals surface area (Å²) in [5, 5.41) is 2.55. The minimum absolute atomic E-state index is 0.233. The third-order valence-electron chi connectivity index (χ3n) is 7.35. The lowest BCUT2D eigenvalue weighted by Crippen LogP contribution is -2.57. The van der Waals surface area contributed by atoms with Gasteiger partial charge in [-0.2, -0.15) is 0 Å². The van der Waals surface area contributed by atoms with Crippen LogP contribution in [0.3, 0.4) is 0 Å². The zero-order chi connectivity index (χ0) is 26.9. The molecule has 3 heterocycles. The number of anilines is 2. The van der Waals surface area contributed by atoms with Gasteiger partial charge in [-0.15, -0.1) is 0 Å². The van der Waals surface area contributed by atoms with Gasteiger partial charge in [-0.25, -0.2) is 21.3 Å². The van der Waals surface area contributed by atoms with Crippen molar-refractivity contribution < 1.29 is 9.53 Å². The molecule has 2 aliphatic heterocycles. The van der Waals surface area contributed by atoms with E-state index in [1.54, 1.807) is 11.2 Å². The number of benzene rings is 2. The fraction of sp³-hybridized carbons (Fsp3) is 0.467. The first kappa shape index (κ1) is 25.8. The Hall–Kier alpha value is -3.86. The van der Waals surface area contributed by atoms with Crippen molar-refractivity contribution in [1.82, 2.24) is 14.9 Å². The maximum Gasteiger partial charge on any atom is 0.410 e. The molecule has 0 saturated carbocycles. The number of hydrogen-bond donors (Lipinski definition) is 0. The Kier molecular flexibility index (Phi) is 7.11. The molecular formula is C30H36N6O2. The SMILES string of the molecule is [C-]#[N+]C[C@H]1CN(c2ncnc3c2CCCN(c2cccc4cccc(C)c24)C3)CCN1C(=O)OC(C)(C)C. The Morgan fingerprint density at radius 1 is 1.11 bits per heavy atom. The Morgan fingerprint density at radius 3 is 2.66 bits per heavy atom. The second kappa shape index (κ2) is 10.5. The van der Waals surface area contributed by atoms with Gasteiger partial charge in [0, 0.05) is 42.8 Å². The second-order valence-corrected chi connectivity index (χ2v) is 11.2. The predicted molar refractivity (Wildman–Crippen MR) is 150 cm³/mol. The summed E-state index contributed by atoms with van der Waals surface area (Å²) in [4.78, 5) is 32.3. The van der Waals surface area contributed by atoms with Crippen LogP contribution in [0.4, 0.5) is 16.3 Å². The molecule has 0 spiro atoms. The number of rotatable bonds is 3. The fourth-order valence-electron chi connectivity index (χ4n) is 5.65. The topological polar surface area (TPSA) is 66.2 Å². The van der Waals surface area contributed by atoms with Gasteiger partial charge in [0.1, 0.15) is 23.8 Å². The lowest BCUT2D eigenvalue weighted by molar-refractivity contribution is 0.0155. The lowest BCUT2D eigenvalue weighted by Gasteiger charge is -2.40. The zero-order valence-corrected chi connectivity index (χ0v) is 22.8. The highest BCUT2D eigenvalue weighted by Gasteiger charge is 2.36. The van der Waals surface area contributed by atoms with E-state index >= 15 is 0 Å². The number of piperazine rings is 1. The minimum Gasteiger partial charge on any atom is -0.444 e. The molecule has 0 N–H and O–H groups in total. The normalized spacial score (nSPS) is 18.1. The van der Waals surface area contributed by atoms with E-state index in [0.29, 0.717) is 19.6 Å². The molecule has 2 aliphatic rings. The Bertz CT molecular complexity index is 1370. The van der Waals surface area contributed by atoms with Crippen molar-refractivity contribution in [3.63, 3.8) is 0 Å². The fourth-order valence-corrected chi connectivity index (χ4v) is 5.65. The molecule has 1 amide bonds. The standard InChI is InChI=1S/C30H36N6O2/c1-21-9-6-10-22-11-7-13-26(27(21)22)34-14-8-12-24-25(19-34)32-20-33-28(24)35-15-16-36(23(18-35)17-31-5)29(37)38-30(2,3)4/h6-7,9-11,13,20,23H,8,12,14-19H2,1-4H3/t23-/m0/s1. The second-order valence-electron chi connectivity index (χ2n) is 11.2. The number of carbonyl (C=O) groups is 1. The van der Waals surface area contributed by atoms with Crippen molar-refractivity contribution in [2.45, 2.75) is 58.7 Å². The van der Waals surface area contributed by atoms with Gasteiger partial charge >= 0.3 is 6.09 Å². The van der Waals surface area contributed by atoms with Crippen LogP contribution in [0, 0.1) is 13.5 Å². The Morgan fingerprint density at radius 2 is 1.89 bits per heavy atom. The first-order valence-corrected chi connectivity index (χ1v) is 13.4. The lowest BCUT2D eigenvalue weighted by atomic mass is 10.0. The molecule has 1 aromatic heterocycles. The molecule has 198 valence electrons. The van der Waals surface area contributed by atoms with Crippen LogP contribution in [0.15, 0.2) is 42.7 Å². The third kappa shape index (κ3) is 5.24. The predicted octanol–water partition coefficient (Wildman–Crippen LogP) is 5.24. The van der Waals surface area contributed by atoms with Gasteiger partial charge in [0.2, 0.25) is 6.54 Å². The van der Waals surface area contributed by atoms with Crippen LogP contribution < -0.4 is 9.80 Å². The Balaban J connectivity index is 1.41. The van der Waals surface area contributed by atoms with E-state index in [2.05, 4.69) is 58.0 Å². The molecule has 3 aromatic rings. The van der Waals surface area contributed by atoms with Gasteiger partial charge in [-0.05, 0) is 57.6 Å². The quantitative estimate of drug-likeness (QED) is 0.448. The van der Waals surface area contributed by atoms with Crippen LogP contribution in [0.1, 0.15) is 44.0 Å². The average molecular weight is 513 g/mol. The number of aromatic nitrogens is 2. The molecule has 0 radical (unpaired) electrons. The van der Waals surface area contributed by atoms with Gasteiger partial charge in [0.05, 0.1) is 12.2 Å². The summed E-state index contributed by atoms with van der Waals surface area (Å²) in [5.41, 5.74) is 4.18. The van der Waals surface area contributed by atoms with Crippen molar-refractivity contribution in [2.75, 3.05) is 42.5 Å². The van der Waals surface area contributed by atoms with E-state index in [1.165, 1.54) is 27.6 Å². The highest BCUT2D eigenvalue weighted by Crippen LogP contribution is 2.34. The molecule has 0 aliphatic carbocycles. The Labute approximate surface area is 225 Å². The monoisotopic (exact) mass is 512 g/mol. The van der Waals surface area contributed by atoms with Gasteiger partial charge in [-0.3, -0.25) is 4.90 Å². The van der Waals surface area contributed by atoms with Crippen molar-refractivity contribution >= 4 is 28.4 Å². The van der Waals surface area contributed by atoms with Crippen LogP contribution in [0.5, 0.6) is 0 Å². The summed E-state index contributed by atoms with van der Waals surface area (Å²) in [5.74, 6) is 0.935. The molecule has 1 saturated heterocycles. The molecule has 1 fully saturated rings. The summed E-state index contributed by atoms with van der Waals surface area (Å²) in [7, 11) is 0. The van der Waals surface area contributed by atoms with Crippen LogP contribution in [-0.2, 0) is 17.7 Å². The van der Waals surface area contributed by atoms with Crippen LogP contribution >= 0.6 is 0 Å². The molecule has 1 atom stereocenters. The minimum atomic E-state index is -0.574. The highest BCUT2D eigenvalue weighted by molar-refractivity contribution is 5.96. The number of ether oxygens (including phenoxy) is 1. The smallest absolute Gasteiger partial charge is 0.410 e. The summed E-state index contributed by atoms with van der Waals surface area (Å²) in [6.07, 6.45) is 3.20. The number of aryl methyl sites for hydroxylation is 1. The maximum absolute atomic E-state index is 12.9. The van der Waals surface area contributed by atoms with E-state index in [9.17, 15) is 4.79 Å². The first-order chi connectivity index (χ1) is 18.2. The molecule has 8 nitrogen and oxygen atoms in total. The van der Waals surface area contributed by atoms with Crippen LogP contribution in [0.2, 0.25) is 0 Å². The van der Waals surface area contributed by atoms with E-state index in [-0.39, 0.29) is 18.7 Å². The van der Waals surface area contributed by atoms with Crippen molar-refractivity contribution in [3.8, 4) is 0 Å². The number of nitrogens with zero attached hydrogens (tertiary/aromatic N) is 6. The largest absolute Gasteiger partial charge is 0.444 e. The van der Waals surface area contributed by atoms with Gasteiger partial charge in [-0.1, -0.05) is 30.3 Å². The first-order valence-electron chi connectivity index (χ1n) is 13.4. The maximum atomic E-state index is 12.9. The highest BCUT2D eigenvalue weighted by atomic mass is 16.6. The number of hydrogen-bond acceptors (Lipinski definition) is 6.